The van der Waals surface area contributed by atoms with Gasteiger partial charge in [-0.05, 0) is 38.1 Å². The average Bonchev–Trinajstić information content (AvgIpc) is 2.40. The molecule has 0 aromatic heterocycles. The molecule has 0 aliphatic carbocycles. The smallest absolute Gasteiger partial charge is 0.128 e. The molecule has 1 aromatic carbocycles. The Morgan fingerprint density at radius 2 is 1.84 bits per heavy atom. The van der Waals surface area contributed by atoms with Gasteiger partial charge < -0.3 is 5.32 Å². The highest BCUT2D eigenvalue weighted by molar-refractivity contribution is 9.10. The Morgan fingerprint density at radius 1 is 1.16 bits per heavy atom. The Kier molecular flexibility index (Phi) is 8.31. The van der Waals surface area contributed by atoms with Crippen molar-refractivity contribution in [1.29, 1.82) is 0 Å². The molecule has 0 aliphatic heterocycles. The summed E-state index contributed by atoms with van der Waals surface area (Å²) in [5, 5.41) is 3.40. The van der Waals surface area contributed by atoms with Crippen LogP contribution in [0.15, 0.2) is 22.7 Å². The van der Waals surface area contributed by atoms with Crippen LogP contribution in [0.4, 0.5) is 4.39 Å². The van der Waals surface area contributed by atoms with Crippen molar-refractivity contribution in [2.24, 2.45) is 0 Å². The Bertz CT molecular complexity index is 368. The molecule has 0 bridgehead atoms. The van der Waals surface area contributed by atoms with Gasteiger partial charge in [-0.25, -0.2) is 4.39 Å². The molecular weight excluding hydrogens is 305 g/mol. The zero-order chi connectivity index (χ0) is 14.1. The Labute approximate surface area is 125 Å². The molecule has 3 heteroatoms. The third-order valence-electron chi connectivity index (χ3n) is 3.41. The summed E-state index contributed by atoms with van der Waals surface area (Å²) < 4.78 is 14.6. The molecule has 0 saturated carbocycles. The maximum absolute atomic E-state index is 13.7. The van der Waals surface area contributed by atoms with Crippen LogP contribution in [0.3, 0.4) is 0 Å². The lowest BCUT2D eigenvalue weighted by molar-refractivity contribution is 0.505. The predicted molar refractivity (Wildman–Crippen MR) is 83.9 cm³/mol. The highest BCUT2D eigenvalue weighted by Gasteiger charge is 2.10. The fraction of sp³-hybridized carbons (Fsp3) is 0.625. The van der Waals surface area contributed by atoms with Crippen molar-refractivity contribution in [2.75, 3.05) is 6.54 Å². The second kappa shape index (κ2) is 9.49. The molecule has 0 radical (unpaired) electrons. The summed E-state index contributed by atoms with van der Waals surface area (Å²) in [6.45, 7) is 5.21. The summed E-state index contributed by atoms with van der Waals surface area (Å²) in [5.74, 6) is -0.133. The number of rotatable bonds is 9. The summed E-state index contributed by atoms with van der Waals surface area (Å²) >= 11 is 3.39. The van der Waals surface area contributed by atoms with E-state index in [1.165, 1.54) is 44.6 Å². The van der Waals surface area contributed by atoms with E-state index in [0.717, 1.165) is 16.6 Å². The van der Waals surface area contributed by atoms with Crippen molar-refractivity contribution < 1.29 is 4.39 Å². The molecule has 0 fully saturated rings. The minimum absolute atomic E-state index is 0.0631. The fourth-order valence-corrected chi connectivity index (χ4v) is 2.56. The third-order valence-corrected chi connectivity index (χ3v) is 3.90. The monoisotopic (exact) mass is 329 g/mol. The van der Waals surface area contributed by atoms with Crippen LogP contribution in [0.25, 0.3) is 0 Å². The molecule has 0 amide bonds. The lowest BCUT2D eigenvalue weighted by atomic mass is 10.1. The molecular formula is C16H25BrFN. The van der Waals surface area contributed by atoms with Crippen LogP contribution in [0.2, 0.25) is 0 Å². The van der Waals surface area contributed by atoms with Crippen LogP contribution < -0.4 is 5.32 Å². The van der Waals surface area contributed by atoms with Crippen LogP contribution >= 0.6 is 15.9 Å². The van der Waals surface area contributed by atoms with Gasteiger partial charge in [0, 0.05) is 16.1 Å². The first-order valence-corrected chi connectivity index (χ1v) is 8.12. The largest absolute Gasteiger partial charge is 0.310 e. The Morgan fingerprint density at radius 3 is 2.58 bits per heavy atom. The quantitative estimate of drug-likeness (QED) is 0.581. The van der Waals surface area contributed by atoms with E-state index in [2.05, 4.69) is 28.2 Å². The van der Waals surface area contributed by atoms with Gasteiger partial charge in [0.2, 0.25) is 0 Å². The summed E-state index contributed by atoms with van der Waals surface area (Å²) in [5.41, 5.74) is 0.736. The predicted octanol–water partition coefficient (Wildman–Crippen LogP) is 5.60. The van der Waals surface area contributed by atoms with Gasteiger partial charge in [-0.2, -0.15) is 0 Å². The standard InChI is InChI=1S/C16H25BrFN/c1-3-4-5-6-7-8-11-19-13(2)15-12-14(17)9-10-16(15)18/h9-10,12-13,19H,3-8,11H2,1-2H3. The molecule has 0 aliphatic rings. The Balaban J connectivity index is 2.23. The third kappa shape index (κ3) is 6.53. The van der Waals surface area contributed by atoms with Gasteiger partial charge in [-0.3, -0.25) is 0 Å². The summed E-state index contributed by atoms with van der Waals surface area (Å²) in [7, 11) is 0. The highest BCUT2D eigenvalue weighted by atomic mass is 79.9. The first-order valence-electron chi connectivity index (χ1n) is 7.33. The highest BCUT2D eigenvalue weighted by Crippen LogP contribution is 2.21. The first-order chi connectivity index (χ1) is 9.15. The van der Waals surface area contributed by atoms with Gasteiger partial charge in [-0.15, -0.1) is 0 Å². The minimum Gasteiger partial charge on any atom is -0.310 e. The van der Waals surface area contributed by atoms with Crippen molar-refractivity contribution in [3.63, 3.8) is 0 Å². The molecule has 0 saturated heterocycles. The zero-order valence-electron chi connectivity index (χ0n) is 12.0. The van der Waals surface area contributed by atoms with Crippen molar-refractivity contribution in [3.8, 4) is 0 Å². The molecule has 1 N–H and O–H groups in total. The summed E-state index contributed by atoms with van der Waals surface area (Å²) in [6, 6.07) is 5.17. The van der Waals surface area contributed by atoms with E-state index in [1.807, 2.05) is 13.0 Å². The van der Waals surface area contributed by atoms with E-state index >= 15 is 0 Å². The van der Waals surface area contributed by atoms with Crippen LogP contribution in [0.1, 0.15) is 64.0 Å². The van der Waals surface area contributed by atoms with E-state index in [1.54, 1.807) is 6.07 Å². The maximum Gasteiger partial charge on any atom is 0.128 e. The molecule has 108 valence electrons. The molecule has 0 heterocycles. The zero-order valence-corrected chi connectivity index (χ0v) is 13.6. The van der Waals surface area contributed by atoms with E-state index in [0.29, 0.717) is 0 Å². The van der Waals surface area contributed by atoms with Gasteiger partial charge in [0.25, 0.3) is 0 Å². The number of benzene rings is 1. The SMILES string of the molecule is CCCCCCCCNC(C)c1cc(Br)ccc1F. The summed E-state index contributed by atoms with van der Waals surface area (Å²) in [6.07, 6.45) is 7.72. The first kappa shape index (κ1) is 16.6. The van der Waals surface area contributed by atoms with Crippen LogP contribution in [0.5, 0.6) is 0 Å². The van der Waals surface area contributed by atoms with Gasteiger partial charge in [0.1, 0.15) is 5.82 Å². The maximum atomic E-state index is 13.7. The van der Waals surface area contributed by atoms with E-state index in [4.69, 9.17) is 0 Å². The van der Waals surface area contributed by atoms with E-state index in [-0.39, 0.29) is 11.9 Å². The molecule has 1 rings (SSSR count). The fourth-order valence-electron chi connectivity index (χ4n) is 2.18. The van der Waals surface area contributed by atoms with Crippen molar-refractivity contribution in [3.05, 3.63) is 34.1 Å². The normalized spacial score (nSPS) is 12.6. The number of hydrogen-bond donors (Lipinski definition) is 1. The second-order valence-corrected chi connectivity index (χ2v) is 6.03. The number of halogens is 2. The lowest BCUT2D eigenvalue weighted by Crippen LogP contribution is -2.20. The van der Waals surface area contributed by atoms with Crippen LogP contribution in [-0.4, -0.2) is 6.54 Å². The van der Waals surface area contributed by atoms with Crippen LogP contribution in [-0.2, 0) is 0 Å². The number of nitrogens with one attached hydrogen (secondary N) is 1. The van der Waals surface area contributed by atoms with E-state index < -0.39 is 0 Å². The van der Waals surface area contributed by atoms with Crippen molar-refractivity contribution in [2.45, 2.75) is 58.4 Å². The topological polar surface area (TPSA) is 12.0 Å². The number of hydrogen-bond acceptors (Lipinski definition) is 1. The van der Waals surface area contributed by atoms with Gasteiger partial charge in [0.15, 0.2) is 0 Å². The van der Waals surface area contributed by atoms with Crippen molar-refractivity contribution >= 4 is 15.9 Å². The molecule has 1 nitrogen and oxygen atoms in total. The molecule has 19 heavy (non-hydrogen) atoms. The molecule has 1 aromatic rings. The second-order valence-electron chi connectivity index (χ2n) is 5.11. The number of unbranched alkanes of at least 4 members (excludes halogenated alkanes) is 5. The summed E-state index contributed by atoms with van der Waals surface area (Å²) in [4.78, 5) is 0. The van der Waals surface area contributed by atoms with Gasteiger partial charge >= 0.3 is 0 Å². The molecule has 1 unspecified atom stereocenters. The van der Waals surface area contributed by atoms with Crippen LogP contribution in [0, 0.1) is 5.82 Å². The van der Waals surface area contributed by atoms with Gasteiger partial charge in [0.05, 0.1) is 0 Å². The Hall–Kier alpha value is -0.410. The van der Waals surface area contributed by atoms with Gasteiger partial charge in [-0.1, -0.05) is 55.0 Å². The van der Waals surface area contributed by atoms with Crippen molar-refractivity contribution in [1.82, 2.24) is 5.32 Å². The molecule has 0 spiro atoms. The lowest BCUT2D eigenvalue weighted by Gasteiger charge is -2.15. The molecule has 1 atom stereocenters. The minimum atomic E-state index is -0.133. The average molecular weight is 330 g/mol. The van der Waals surface area contributed by atoms with E-state index in [9.17, 15) is 4.39 Å².